The van der Waals surface area contributed by atoms with Crippen molar-refractivity contribution in [2.75, 3.05) is 32.0 Å². The number of benzene rings is 3. The van der Waals surface area contributed by atoms with Crippen molar-refractivity contribution in [2.45, 2.75) is 109 Å². The second kappa shape index (κ2) is 19.6. The van der Waals surface area contributed by atoms with Crippen molar-refractivity contribution < 1.29 is 28.6 Å². The molecule has 3 aromatic carbocycles. The van der Waals surface area contributed by atoms with E-state index in [1.165, 1.54) is 30.5 Å². The van der Waals surface area contributed by atoms with Crippen LogP contribution in [-0.4, -0.2) is 85.2 Å². The third-order valence-corrected chi connectivity index (χ3v) is 11.3. The van der Waals surface area contributed by atoms with Crippen molar-refractivity contribution in [1.29, 1.82) is 0 Å². The lowest BCUT2D eigenvalue weighted by Crippen LogP contribution is -2.45. The number of para-hydroxylation sites is 1. The van der Waals surface area contributed by atoms with Gasteiger partial charge in [-0.1, -0.05) is 43.9 Å². The number of carbonyl (C=O) groups is 3. The lowest BCUT2D eigenvalue weighted by Gasteiger charge is -2.32. The molecule has 1 saturated heterocycles. The van der Waals surface area contributed by atoms with Crippen molar-refractivity contribution in [2.24, 2.45) is 5.73 Å². The molecule has 0 spiro atoms. The summed E-state index contributed by atoms with van der Waals surface area (Å²) in [6.45, 7) is 9.29. The van der Waals surface area contributed by atoms with Gasteiger partial charge < -0.3 is 35.5 Å². The summed E-state index contributed by atoms with van der Waals surface area (Å²) in [7, 11) is 0. The first-order valence-corrected chi connectivity index (χ1v) is 21.6. The number of hydrogen-bond acceptors (Lipinski definition) is 11. The Bertz CT molecular complexity index is 2280. The Hall–Kier alpha value is -6.02. The number of nitrogens with two attached hydrogens (primary N) is 2. The molecule has 4 N–H and O–H groups in total. The second-order valence-electron chi connectivity index (χ2n) is 17.0. The summed E-state index contributed by atoms with van der Waals surface area (Å²) in [5.41, 5.74) is 15.3. The van der Waals surface area contributed by atoms with Gasteiger partial charge >= 0.3 is 5.97 Å². The first-order valence-electron chi connectivity index (χ1n) is 21.6. The zero-order valence-electron chi connectivity index (χ0n) is 35.6. The van der Waals surface area contributed by atoms with Crippen LogP contribution in [0.4, 0.5) is 5.82 Å². The number of hydrogen-bond donors (Lipinski definition) is 2. The highest BCUT2D eigenvalue weighted by Crippen LogP contribution is 2.36. The quantitative estimate of drug-likeness (QED) is 0.0611. The van der Waals surface area contributed by atoms with E-state index in [1.54, 1.807) is 32.9 Å². The Kier molecular flexibility index (Phi) is 13.8. The molecule has 1 fully saturated rings. The predicted molar refractivity (Wildman–Crippen MR) is 234 cm³/mol. The number of esters is 1. The number of likely N-dealkylation sites (tertiary alicyclic amines) is 1. The van der Waals surface area contributed by atoms with Crippen LogP contribution in [0.15, 0.2) is 79.1 Å². The topological polar surface area (TPSA) is 181 Å². The Labute approximate surface area is 357 Å². The molecule has 2 amide bonds. The lowest BCUT2D eigenvalue weighted by atomic mass is 10.0. The van der Waals surface area contributed by atoms with E-state index in [-0.39, 0.29) is 31.3 Å². The maximum atomic E-state index is 13.2. The SMILES string of the molecule is CC(C)(C)OC(=O)CCC(C(N)=O)N1Cc2cc(OCCCCCCCCN3CCC(n4nc(-c5ccc(Oc6ccccc6)cc5)c5c(N)ncnc54)CC3)ccc2C1=O. The van der Waals surface area contributed by atoms with Crippen LogP contribution in [0.1, 0.15) is 107 Å². The summed E-state index contributed by atoms with van der Waals surface area (Å²) in [5.74, 6) is 1.31. The van der Waals surface area contributed by atoms with Crippen LogP contribution in [0, 0.1) is 0 Å². The van der Waals surface area contributed by atoms with Crippen molar-refractivity contribution in [3.63, 3.8) is 0 Å². The number of primary amides is 1. The summed E-state index contributed by atoms with van der Waals surface area (Å²) in [6.07, 6.45) is 10.3. The van der Waals surface area contributed by atoms with Crippen LogP contribution in [0.3, 0.4) is 0 Å². The maximum absolute atomic E-state index is 13.2. The molecule has 14 nitrogen and oxygen atoms in total. The lowest BCUT2D eigenvalue weighted by molar-refractivity contribution is -0.155. The molecule has 4 heterocycles. The number of aromatic nitrogens is 4. The smallest absolute Gasteiger partial charge is 0.306 e. The molecule has 61 heavy (non-hydrogen) atoms. The maximum Gasteiger partial charge on any atom is 0.306 e. The summed E-state index contributed by atoms with van der Waals surface area (Å²) in [6, 6.07) is 22.4. The normalized spacial score (nSPS) is 15.2. The number of ether oxygens (including phenoxy) is 3. The van der Waals surface area contributed by atoms with Gasteiger partial charge in [0.1, 0.15) is 46.7 Å². The number of nitrogens with zero attached hydrogens (tertiary/aromatic N) is 6. The van der Waals surface area contributed by atoms with Gasteiger partial charge in [0.05, 0.1) is 18.0 Å². The van der Waals surface area contributed by atoms with E-state index in [1.807, 2.05) is 60.7 Å². The van der Waals surface area contributed by atoms with Crippen LogP contribution >= 0.6 is 0 Å². The summed E-state index contributed by atoms with van der Waals surface area (Å²) in [4.78, 5) is 50.7. The summed E-state index contributed by atoms with van der Waals surface area (Å²) >= 11 is 0. The first-order chi connectivity index (χ1) is 29.4. The molecule has 2 aliphatic rings. The van der Waals surface area contributed by atoms with Crippen molar-refractivity contribution >= 4 is 34.6 Å². The summed E-state index contributed by atoms with van der Waals surface area (Å²) < 4.78 is 19.5. The Morgan fingerprint density at radius 1 is 0.869 bits per heavy atom. The van der Waals surface area contributed by atoms with Crippen LogP contribution in [0.5, 0.6) is 17.2 Å². The van der Waals surface area contributed by atoms with Gasteiger partial charge in [-0.2, -0.15) is 5.10 Å². The van der Waals surface area contributed by atoms with E-state index >= 15 is 0 Å². The molecule has 1 atom stereocenters. The number of carbonyl (C=O) groups excluding carboxylic acids is 3. The molecule has 0 bridgehead atoms. The highest BCUT2D eigenvalue weighted by molar-refractivity contribution is 6.01. The van der Waals surface area contributed by atoms with Crippen LogP contribution in [-0.2, 0) is 20.9 Å². The van der Waals surface area contributed by atoms with E-state index in [2.05, 4.69) is 19.5 Å². The van der Waals surface area contributed by atoms with Gasteiger partial charge in [-0.15, -0.1) is 0 Å². The van der Waals surface area contributed by atoms with Gasteiger partial charge in [-0.3, -0.25) is 14.4 Å². The molecule has 2 aliphatic heterocycles. The third kappa shape index (κ3) is 11.0. The molecule has 322 valence electrons. The number of unbranched alkanes of at least 4 members (excludes halogenated alkanes) is 5. The molecule has 1 unspecified atom stereocenters. The third-order valence-electron chi connectivity index (χ3n) is 11.3. The molecule has 7 rings (SSSR count). The van der Waals surface area contributed by atoms with E-state index in [4.69, 9.17) is 30.8 Å². The zero-order chi connectivity index (χ0) is 42.9. The standard InChI is InChI=1S/C47H58N8O6/c1-47(2,3)61-40(56)22-21-39(44(49)57)54-30-33-29-37(19-20-38(33)46(54)58)59-28-12-7-5-4-6-11-25-53-26-23-34(24-27-53)55-45-41(43(48)50-31-51-45)42(52-55)32-15-17-36(18-16-32)60-35-13-9-8-10-14-35/h8-10,13-20,29,31,34,39H,4-7,11-12,21-28,30H2,1-3H3,(H2,49,57)(H2,48,50,51). The number of piperidine rings is 1. The van der Waals surface area contributed by atoms with Crippen LogP contribution in [0.2, 0.25) is 0 Å². The molecule has 14 heteroatoms. The average Bonchev–Trinajstić information content (AvgIpc) is 3.78. The number of nitrogen functional groups attached to an aromatic ring is 1. The van der Waals surface area contributed by atoms with Gasteiger partial charge in [-0.25, -0.2) is 14.6 Å². The average molecular weight is 831 g/mol. The minimum atomic E-state index is -0.902. The number of amides is 2. The molecular weight excluding hydrogens is 773 g/mol. The van der Waals surface area contributed by atoms with Gasteiger partial charge in [0.2, 0.25) is 5.91 Å². The largest absolute Gasteiger partial charge is 0.494 e. The predicted octanol–water partition coefficient (Wildman–Crippen LogP) is 7.86. The number of anilines is 1. The highest BCUT2D eigenvalue weighted by atomic mass is 16.6. The van der Waals surface area contributed by atoms with Gasteiger partial charge in [0.25, 0.3) is 5.91 Å². The Morgan fingerprint density at radius 3 is 2.28 bits per heavy atom. The number of rotatable bonds is 19. The number of fused-ring (bicyclic) bond motifs is 2. The fourth-order valence-corrected chi connectivity index (χ4v) is 8.24. The molecular formula is C47H58N8O6. The van der Waals surface area contributed by atoms with Gasteiger partial charge in [0, 0.05) is 37.2 Å². The Morgan fingerprint density at radius 2 is 1.56 bits per heavy atom. The first kappa shape index (κ1) is 43.1. The van der Waals surface area contributed by atoms with E-state index in [0.717, 1.165) is 91.1 Å². The highest BCUT2D eigenvalue weighted by Gasteiger charge is 2.36. The fraction of sp³-hybridized carbons (Fsp3) is 0.447. The van der Waals surface area contributed by atoms with E-state index in [9.17, 15) is 14.4 Å². The minimum absolute atomic E-state index is 0.0106. The molecule has 2 aromatic heterocycles. The van der Waals surface area contributed by atoms with Gasteiger partial charge in [-0.05, 0) is 120 Å². The van der Waals surface area contributed by atoms with Crippen molar-refractivity contribution in [3.05, 3.63) is 90.3 Å². The molecule has 5 aromatic rings. The van der Waals surface area contributed by atoms with E-state index in [0.29, 0.717) is 23.7 Å². The second-order valence-corrected chi connectivity index (χ2v) is 17.0. The fourth-order valence-electron chi connectivity index (χ4n) is 8.24. The van der Waals surface area contributed by atoms with Crippen molar-refractivity contribution in [3.8, 4) is 28.5 Å². The van der Waals surface area contributed by atoms with Crippen LogP contribution in [0.25, 0.3) is 22.3 Å². The van der Waals surface area contributed by atoms with Crippen molar-refractivity contribution in [1.82, 2.24) is 29.5 Å². The molecule has 0 radical (unpaired) electrons. The molecule has 0 aliphatic carbocycles. The summed E-state index contributed by atoms with van der Waals surface area (Å²) in [5, 5.41) is 5.88. The monoisotopic (exact) mass is 830 g/mol. The van der Waals surface area contributed by atoms with E-state index < -0.39 is 23.5 Å². The minimum Gasteiger partial charge on any atom is -0.494 e. The Balaban J connectivity index is 0.796. The van der Waals surface area contributed by atoms with Crippen LogP contribution < -0.4 is 20.9 Å². The van der Waals surface area contributed by atoms with Gasteiger partial charge in [0.15, 0.2) is 5.65 Å². The zero-order valence-corrected chi connectivity index (χ0v) is 35.6. The molecule has 0 saturated carbocycles.